The molecule has 1 aromatic carbocycles. The molecule has 0 N–H and O–H groups in total. The minimum absolute atomic E-state index is 0.0537. The molecule has 1 heterocycles. The molecule has 1 aromatic heterocycles. The number of methoxy groups -OCH3 is 1. The Morgan fingerprint density at radius 1 is 1.32 bits per heavy atom. The van der Waals surface area contributed by atoms with E-state index >= 15 is 0 Å². The molecular formula is C17H15NO4. The zero-order valence-corrected chi connectivity index (χ0v) is 12.3. The average molecular weight is 297 g/mol. The summed E-state index contributed by atoms with van der Waals surface area (Å²) in [5.74, 6) is 1.76. The molecule has 112 valence electrons. The number of ketones is 1. The topological polar surface area (TPSA) is 72.5 Å². The van der Waals surface area contributed by atoms with Crippen molar-refractivity contribution in [2.45, 2.75) is 6.92 Å². The third-order valence-corrected chi connectivity index (χ3v) is 2.89. The Morgan fingerprint density at radius 3 is 2.77 bits per heavy atom. The Balaban J connectivity index is 2.14. The van der Waals surface area contributed by atoms with Crippen molar-refractivity contribution in [2.75, 3.05) is 13.7 Å². The van der Waals surface area contributed by atoms with E-state index in [0.717, 1.165) is 5.56 Å². The largest absolute Gasteiger partial charge is 0.493 e. The summed E-state index contributed by atoms with van der Waals surface area (Å²) in [5.41, 5.74) is 0.776. The Bertz CT molecular complexity index is 737. The molecule has 0 aliphatic carbocycles. The Labute approximate surface area is 128 Å². The SMILES string of the molecule is COc1cc(/C=C/C(=O)c2ccc(C)o2)ccc1OCC#N. The zero-order chi connectivity index (χ0) is 15.9. The van der Waals surface area contributed by atoms with E-state index in [-0.39, 0.29) is 12.4 Å². The van der Waals surface area contributed by atoms with Crippen molar-refractivity contribution in [3.05, 3.63) is 53.5 Å². The smallest absolute Gasteiger partial charge is 0.221 e. The first-order valence-electron chi connectivity index (χ1n) is 6.60. The minimum atomic E-state index is -0.211. The van der Waals surface area contributed by atoms with E-state index in [9.17, 15) is 4.79 Å². The van der Waals surface area contributed by atoms with E-state index < -0.39 is 0 Å². The summed E-state index contributed by atoms with van der Waals surface area (Å²) in [4.78, 5) is 11.9. The summed E-state index contributed by atoms with van der Waals surface area (Å²) in [5, 5.41) is 8.53. The molecule has 5 heteroatoms. The predicted molar refractivity (Wildman–Crippen MR) is 80.9 cm³/mol. The standard InChI is InChI=1S/C17H15NO4/c1-12-3-7-15(22-12)14(19)6-4-13-5-8-16(21-10-9-18)17(11-13)20-2/h3-8,11H,10H2,1-2H3/b6-4+. The second kappa shape index (κ2) is 7.14. The summed E-state index contributed by atoms with van der Waals surface area (Å²) in [7, 11) is 1.51. The van der Waals surface area contributed by atoms with Crippen LogP contribution in [0.3, 0.4) is 0 Å². The molecule has 2 aromatic rings. The number of carbonyl (C=O) groups excluding carboxylic acids is 1. The van der Waals surface area contributed by atoms with Gasteiger partial charge in [0.15, 0.2) is 23.9 Å². The highest BCUT2D eigenvalue weighted by molar-refractivity contribution is 6.04. The summed E-state index contributed by atoms with van der Waals surface area (Å²) < 4.78 is 15.7. The van der Waals surface area contributed by atoms with Crippen LogP contribution in [0.25, 0.3) is 6.08 Å². The van der Waals surface area contributed by atoms with Crippen molar-refractivity contribution >= 4 is 11.9 Å². The minimum Gasteiger partial charge on any atom is -0.493 e. The van der Waals surface area contributed by atoms with E-state index in [1.54, 1.807) is 43.3 Å². The monoisotopic (exact) mass is 297 g/mol. The van der Waals surface area contributed by atoms with Gasteiger partial charge >= 0.3 is 0 Å². The fourth-order valence-corrected chi connectivity index (χ4v) is 1.84. The number of nitrogens with zero attached hydrogens (tertiary/aromatic N) is 1. The van der Waals surface area contributed by atoms with Crippen LogP contribution >= 0.6 is 0 Å². The molecule has 22 heavy (non-hydrogen) atoms. The zero-order valence-electron chi connectivity index (χ0n) is 12.3. The van der Waals surface area contributed by atoms with Gasteiger partial charge in [-0.15, -0.1) is 0 Å². The van der Waals surface area contributed by atoms with Gasteiger partial charge in [-0.3, -0.25) is 4.79 Å². The Kier molecular flexibility index (Phi) is 4.99. The van der Waals surface area contributed by atoms with Crippen molar-refractivity contribution in [3.8, 4) is 17.6 Å². The van der Waals surface area contributed by atoms with Crippen molar-refractivity contribution in [1.82, 2.24) is 0 Å². The van der Waals surface area contributed by atoms with Gasteiger partial charge in [-0.2, -0.15) is 5.26 Å². The third-order valence-electron chi connectivity index (χ3n) is 2.89. The van der Waals surface area contributed by atoms with Gasteiger partial charge in [-0.1, -0.05) is 12.1 Å². The summed E-state index contributed by atoms with van der Waals surface area (Å²) >= 11 is 0. The molecule has 2 rings (SSSR count). The molecule has 0 amide bonds. The fourth-order valence-electron chi connectivity index (χ4n) is 1.84. The van der Waals surface area contributed by atoms with Gasteiger partial charge in [0.05, 0.1) is 7.11 Å². The van der Waals surface area contributed by atoms with Crippen LogP contribution in [0.15, 0.2) is 40.8 Å². The number of ether oxygens (including phenoxy) is 2. The van der Waals surface area contributed by atoms with E-state index in [4.69, 9.17) is 19.2 Å². The van der Waals surface area contributed by atoms with Crippen molar-refractivity contribution in [2.24, 2.45) is 0 Å². The lowest BCUT2D eigenvalue weighted by Gasteiger charge is -2.08. The number of rotatable bonds is 6. The maximum absolute atomic E-state index is 11.9. The number of nitriles is 1. The van der Waals surface area contributed by atoms with Crippen LogP contribution in [0.1, 0.15) is 21.9 Å². The summed E-state index contributed by atoms with van der Waals surface area (Å²) in [6.45, 7) is 1.73. The summed E-state index contributed by atoms with van der Waals surface area (Å²) in [6.07, 6.45) is 3.10. The van der Waals surface area contributed by atoms with Gasteiger partial charge in [0, 0.05) is 0 Å². The molecule has 0 spiro atoms. The average Bonchev–Trinajstić information content (AvgIpc) is 2.97. The number of hydrogen-bond acceptors (Lipinski definition) is 5. The van der Waals surface area contributed by atoms with Crippen LogP contribution in [-0.2, 0) is 0 Å². The van der Waals surface area contributed by atoms with Gasteiger partial charge in [0.25, 0.3) is 0 Å². The molecule has 0 saturated heterocycles. The van der Waals surface area contributed by atoms with E-state index in [0.29, 0.717) is 23.0 Å². The van der Waals surface area contributed by atoms with Crippen molar-refractivity contribution in [3.63, 3.8) is 0 Å². The molecule has 0 aliphatic rings. The first-order valence-corrected chi connectivity index (χ1v) is 6.60. The summed E-state index contributed by atoms with van der Waals surface area (Å²) in [6, 6.07) is 10.5. The number of hydrogen-bond donors (Lipinski definition) is 0. The van der Waals surface area contributed by atoms with E-state index in [1.165, 1.54) is 13.2 Å². The first-order chi connectivity index (χ1) is 10.6. The van der Waals surface area contributed by atoms with Gasteiger partial charge in [0.1, 0.15) is 11.8 Å². The van der Waals surface area contributed by atoms with Gasteiger partial charge < -0.3 is 13.9 Å². The van der Waals surface area contributed by atoms with Crippen LogP contribution in [0, 0.1) is 18.3 Å². The molecular weight excluding hydrogens is 282 g/mol. The highest BCUT2D eigenvalue weighted by Crippen LogP contribution is 2.28. The molecule has 0 unspecified atom stereocenters. The van der Waals surface area contributed by atoms with E-state index in [2.05, 4.69) is 0 Å². The predicted octanol–water partition coefficient (Wildman–Crippen LogP) is 3.40. The molecule has 0 radical (unpaired) electrons. The van der Waals surface area contributed by atoms with Crippen molar-refractivity contribution in [1.29, 1.82) is 5.26 Å². The number of carbonyl (C=O) groups is 1. The van der Waals surface area contributed by atoms with Gasteiger partial charge in [0.2, 0.25) is 5.78 Å². The maximum Gasteiger partial charge on any atom is 0.221 e. The second-order valence-corrected chi connectivity index (χ2v) is 4.46. The van der Waals surface area contributed by atoms with Gasteiger partial charge in [-0.05, 0) is 42.8 Å². The second-order valence-electron chi connectivity index (χ2n) is 4.46. The number of aryl methyl sites for hydroxylation is 1. The number of furan rings is 1. The lowest BCUT2D eigenvalue weighted by atomic mass is 10.1. The van der Waals surface area contributed by atoms with Crippen LogP contribution < -0.4 is 9.47 Å². The molecule has 0 bridgehead atoms. The van der Waals surface area contributed by atoms with Crippen molar-refractivity contribution < 1.29 is 18.7 Å². The molecule has 0 saturated carbocycles. The van der Waals surface area contributed by atoms with Gasteiger partial charge in [-0.25, -0.2) is 0 Å². The lowest BCUT2D eigenvalue weighted by Crippen LogP contribution is -1.97. The Morgan fingerprint density at radius 2 is 2.14 bits per heavy atom. The highest BCUT2D eigenvalue weighted by Gasteiger charge is 2.07. The molecule has 0 atom stereocenters. The van der Waals surface area contributed by atoms with Crippen LogP contribution in [-0.4, -0.2) is 19.5 Å². The van der Waals surface area contributed by atoms with Crippen LogP contribution in [0.2, 0.25) is 0 Å². The van der Waals surface area contributed by atoms with Crippen LogP contribution in [0.5, 0.6) is 11.5 Å². The Hall–Kier alpha value is -3.00. The first kappa shape index (κ1) is 15.4. The molecule has 5 nitrogen and oxygen atoms in total. The highest BCUT2D eigenvalue weighted by atomic mass is 16.5. The number of allylic oxidation sites excluding steroid dienone is 1. The lowest BCUT2D eigenvalue weighted by molar-refractivity contribution is 0.102. The quantitative estimate of drug-likeness (QED) is 0.603. The number of benzene rings is 1. The van der Waals surface area contributed by atoms with E-state index in [1.807, 2.05) is 6.07 Å². The molecule has 0 aliphatic heterocycles. The molecule has 0 fully saturated rings. The normalized spacial score (nSPS) is 10.4. The maximum atomic E-state index is 11.9. The third kappa shape index (κ3) is 3.76. The fraction of sp³-hybridized carbons (Fsp3) is 0.176. The van der Waals surface area contributed by atoms with Crippen LogP contribution in [0.4, 0.5) is 0 Å².